The zero-order chi connectivity index (χ0) is 31.4. The number of aliphatic imine (C=N–C) groups is 1. The summed E-state index contributed by atoms with van der Waals surface area (Å²) in [5.41, 5.74) is 13.7. The standard InChI is InChI=1S/C15H16FN5O2.C14H15FN4O2/c1-20-14(4-5-19-20)12-3-2-10(6-13(12)16)21-8-11(7-18-9-17)23-15(21)22;1-18-13(4-5-17-18)11-3-2-9(6-12(11)15)19-8-10(7-16)21-14(19)20/h2-6,9,11H,7-8H2,1H3,(H2,17,18);2-6,10H,7-8,16H2,1H3/t11-;10-/m00/s1. The summed E-state index contributed by atoms with van der Waals surface area (Å²) in [6.07, 6.45) is 2.61. The number of nitrogens with two attached hydrogens (primary N) is 2. The number of benzene rings is 2. The van der Waals surface area contributed by atoms with Gasteiger partial charge in [-0.3, -0.25) is 24.2 Å². The van der Waals surface area contributed by atoms with E-state index in [9.17, 15) is 18.4 Å². The van der Waals surface area contributed by atoms with Gasteiger partial charge < -0.3 is 20.9 Å². The molecule has 2 aliphatic heterocycles. The molecule has 44 heavy (non-hydrogen) atoms. The first-order valence-corrected chi connectivity index (χ1v) is 13.6. The van der Waals surface area contributed by atoms with Gasteiger partial charge in [-0.1, -0.05) is 0 Å². The van der Waals surface area contributed by atoms with Gasteiger partial charge in [0.15, 0.2) is 0 Å². The predicted octanol–water partition coefficient (Wildman–Crippen LogP) is 3.05. The van der Waals surface area contributed by atoms with Crippen LogP contribution >= 0.6 is 0 Å². The Bertz CT molecular complexity index is 1690. The summed E-state index contributed by atoms with van der Waals surface area (Å²) >= 11 is 0. The fraction of sp³-hybridized carbons (Fsp3) is 0.276. The van der Waals surface area contributed by atoms with Gasteiger partial charge in [0.2, 0.25) is 0 Å². The number of cyclic esters (lactones) is 2. The average Bonchev–Trinajstić information content (AvgIpc) is 3.80. The Morgan fingerprint density at radius 1 is 0.841 bits per heavy atom. The van der Waals surface area contributed by atoms with Crippen LogP contribution < -0.4 is 21.3 Å². The fourth-order valence-corrected chi connectivity index (χ4v) is 4.90. The van der Waals surface area contributed by atoms with Gasteiger partial charge >= 0.3 is 12.2 Å². The maximum Gasteiger partial charge on any atom is 0.414 e. The van der Waals surface area contributed by atoms with Crippen molar-refractivity contribution in [2.24, 2.45) is 30.6 Å². The van der Waals surface area contributed by atoms with Crippen molar-refractivity contribution in [2.75, 3.05) is 36.0 Å². The van der Waals surface area contributed by atoms with E-state index in [2.05, 4.69) is 15.2 Å². The summed E-state index contributed by atoms with van der Waals surface area (Å²) in [6, 6.07) is 12.7. The van der Waals surface area contributed by atoms with Gasteiger partial charge in [0, 0.05) is 44.2 Å². The summed E-state index contributed by atoms with van der Waals surface area (Å²) in [5.74, 6) is -0.845. The van der Waals surface area contributed by atoms with Crippen molar-refractivity contribution in [3.8, 4) is 22.5 Å². The van der Waals surface area contributed by atoms with E-state index in [-0.39, 0.29) is 25.3 Å². The third kappa shape index (κ3) is 6.22. The van der Waals surface area contributed by atoms with E-state index in [0.717, 1.165) is 0 Å². The monoisotopic (exact) mass is 607 g/mol. The Labute approximate surface area is 251 Å². The van der Waals surface area contributed by atoms with E-state index in [4.69, 9.17) is 20.9 Å². The van der Waals surface area contributed by atoms with E-state index >= 15 is 0 Å². The quantitative estimate of drug-likeness (QED) is 0.240. The number of nitrogens with zero attached hydrogens (tertiary/aromatic N) is 7. The molecule has 2 atom stereocenters. The SMILES string of the molecule is Cn1nccc1-c1ccc(N2C[C@H](CN)OC2=O)cc1F.Cn1nccc1-c1ccc(N2C[C@H](CN=CN)OC2=O)cc1F. The fourth-order valence-electron chi connectivity index (χ4n) is 4.90. The molecule has 4 N–H and O–H groups in total. The Kier molecular flexibility index (Phi) is 8.85. The molecule has 0 spiro atoms. The number of carbonyl (C=O) groups excluding carboxylic acids is 2. The van der Waals surface area contributed by atoms with Gasteiger partial charge in [-0.2, -0.15) is 10.2 Å². The molecule has 0 radical (unpaired) electrons. The zero-order valence-electron chi connectivity index (χ0n) is 24.0. The highest BCUT2D eigenvalue weighted by molar-refractivity contribution is 5.91. The first-order valence-electron chi connectivity index (χ1n) is 13.6. The van der Waals surface area contributed by atoms with Crippen LogP contribution in [0, 0.1) is 11.6 Å². The Hall–Kier alpha value is -5.31. The smallest absolute Gasteiger partial charge is 0.414 e. The van der Waals surface area contributed by atoms with Crippen LogP contribution in [0.3, 0.4) is 0 Å². The summed E-state index contributed by atoms with van der Waals surface area (Å²) in [6.45, 7) is 1.17. The van der Waals surface area contributed by atoms with E-state index in [0.29, 0.717) is 47.0 Å². The van der Waals surface area contributed by atoms with Crippen molar-refractivity contribution in [2.45, 2.75) is 12.2 Å². The molecule has 2 saturated heterocycles. The lowest BCUT2D eigenvalue weighted by Crippen LogP contribution is -2.27. The van der Waals surface area contributed by atoms with Gasteiger partial charge in [-0.15, -0.1) is 0 Å². The lowest BCUT2D eigenvalue weighted by Gasteiger charge is -2.14. The number of amides is 2. The van der Waals surface area contributed by atoms with Crippen molar-refractivity contribution in [1.82, 2.24) is 19.6 Å². The normalized spacial score (nSPS) is 18.0. The molecule has 4 aromatic rings. The lowest BCUT2D eigenvalue weighted by atomic mass is 10.1. The zero-order valence-corrected chi connectivity index (χ0v) is 24.0. The summed E-state index contributed by atoms with van der Waals surface area (Å²) in [4.78, 5) is 30.3. The number of carbonyl (C=O) groups is 2. The number of aromatic nitrogens is 4. The van der Waals surface area contributed by atoms with Crippen LogP contribution in [-0.4, -0.2) is 76.5 Å². The van der Waals surface area contributed by atoms with E-state index in [1.807, 2.05) is 0 Å². The molecular weight excluding hydrogens is 576 g/mol. The molecule has 0 aliphatic carbocycles. The van der Waals surface area contributed by atoms with Crippen LogP contribution in [-0.2, 0) is 23.6 Å². The Morgan fingerprint density at radius 2 is 1.32 bits per heavy atom. The molecule has 2 amide bonds. The average molecular weight is 608 g/mol. The number of halogens is 2. The number of hydrogen-bond acceptors (Lipinski definition) is 8. The van der Waals surface area contributed by atoms with Crippen LogP contribution in [0.15, 0.2) is 65.9 Å². The highest BCUT2D eigenvalue weighted by Gasteiger charge is 2.33. The summed E-state index contributed by atoms with van der Waals surface area (Å²) in [7, 11) is 3.48. The minimum Gasteiger partial charge on any atom is -0.443 e. The molecule has 0 saturated carbocycles. The Morgan fingerprint density at radius 3 is 1.70 bits per heavy atom. The van der Waals surface area contributed by atoms with Gasteiger partial charge in [-0.05, 0) is 48.5 Å². The third-order valence-electron chi connectivity index (χ3n) is 7.15. The van der Waals surface area contributed by atoms with Gasteiger partial charge in [0.05, 0.1) is 48.7 Å². The number of rotatable bonds is 7. The van der Waals surface area contributed by atoms with E-state index in [1.54, 1.807) is 72.3 Å². The second kappa shape index (κ2) is 12.9. The highest BCUT2D eigenvalue weighted by Crippen LogP contribution is 2.30. The van der Waals surface area contributed by atoms with Crippen molar-refractivity contribution in [3.63, 3.8) is 0 Å². The molecule has 15 heteroatoms. The molecule has 2 fully saturated rings. The maximum absolute atomic E-state index is 14.4. The van der Waals surface area contributed by atoms with Crippen LogP contribution in [0.1, 0.15) is 0 Å². The predicted molar refractivity (Wildman–Crippen MR) is 159 cm³/mol. The van der Waals surface area contributed by atoms with Crippen molar-refractivity contribution in [3.05, 3.63) is 72.6 Å². The van der Waals surface area contributed by atoms with Crippen LogP contribution in [0.2, 0.25) is 0 Å². The topological polar surface area (TPSA) is 159 Å². The minimum absolute atomic E-state index is 0.248. The third-order valence-corrected chi connectivity index (χ3v) is 7.15. The largest absolute Gasteiger partial charge is 0.443 e. The number of aryl methyl sites for hydroxylation is 2. The van der Waals surface area contributed by atoms with Crippen molar-refractivity contribution in [1.29, 1.82) is 0 Å². The highest BCUT2D eigenvalue weighted by atomic mass is 19.1. The molecule has 230 valence electrons. The molecule has 0 bridgehead atoms. The molecule has 6 rings (SSSR count). The van der Waals surface area contributed by atoms with Crippen LogP contribution in [0.25, 0.3) is 22.5 Å². The Balaban J connectivity index is 0.000000175. The van der Waals surface area contributed by atoms with E-state index < -0.39 is 23.8 Å². The molecule has 2 aromatic heterocycles. The van der Waals surface area contributed by atoms with Crippen LogP contribution in [0.5, 0.6) is 0 Å². The summed E-state index contributed by atoms with van der Waals surface area (Å²) < 4.78 is 42.1. The molecule has 2 aliphatic rings. The molecular formula is C29H31F2N9O4. The van der Waals surface area contributed by atoms with Crippen LogP contribution in [0.4, 0.5) is 29.7 Å². The molecule has 0 unspecified atom stereocenters. The maximum atomic E-state index is 14.4. The first kappa shape index (κ1) is 30.2. The number of hydrogen-bond donors (Lipinski definition) is 2. The van der Waals surface area contributed by atoms with Gasteiger partial charge in [0.1, 0.15) is 23.8 Å². The first-order chi connectivity index (χ1) is 21.2. The number of ether oxygens (including phenoxy) is 2. The van der Waals surface area contributed by atoms with E-state index in [1.165, 1.54) is 28.3 Å². The van der Waals surface area contributed by atoms with Crippen molar-refractivity contribution >= 4 is 29.9 Å². The van der Waals surface area contributed by atoms with Gasteiger partial charge in [0.25, 0.3) is 0 Å². The minimum atomic E-state index is -0.519. The molecule has 4 heterocycles. The van der Waals surface area contributed by atoms with Crippen molar-refractivity contribution < 1.29 is 27.8 Å². The molecule has 13 nitrogen and oxygen atoms in total. The summed E-state index contributed by atoms with van der Waals surface area (Å²) in [5, 5.41) is 8.05. The molecule has 2 aromatic carbocycles. The second-order valence-electron chi connectivity index (χ2n) is 9.99. The second-order valence-corrected chi connectivity index (χ2v) is 9.99. The number of anilines is 2. The lowest BCUT2D eigenvalue weighted by molar-refractivity contribution is 0.144. The van der Waals surface area contributed by atoms with Gasteiger partial charge in [-0.25, -0.2) is 18.4 Å².